The van der Waals surface area contributed by atoms with Crippen LogP contribution in [0.5, 0.6) is 5.75 Å². The fraction of sp³-hybridized carbons (Fsp3) is 0.600. The van der Waals surface area contributed by atoms with Gasteiger partial charge >= 0.3 is 0 Å². The molecule has 2 heteroatoms. The molecule has 2 nitrogen and oxygen atoms in total. The van der Waals surface area contributed by atoms with Crippen molar-refractivity contribution in [1.82, 2.24) is 0 Å². The topological polar surface area (TPSA) is 35.2 Å². The maximum atomic E-state index is 6.20. The monoisotopic (exact) mass is 233 g/mol. The molecule has 1 heterocycles. The summed E-state index contributed by atoms with van der Waals surface area (Å²) < 4.78 is 5.87. The molecule has 0 aliphatic carbocycles. The van der Waals surface area contributed by atoms with Crippen molar-refractivity contribution >= 4 is 0 Å². The number of hydrogen-bond acceptors (Lipinski definition) is 2. The number of benzene rings is 1. The first-order valence-electron chi connectivity index (χ1n) is 6.49. The van der Waals surface area contributed by atoms with E-state index in [0.29, 0.717) is 0 Å². The van der Waals surface area contributed by atoms with Crippen LogP contribution in [0, 0.1) is 0 Å². The molecule has 1 aromatic carbocycles. The quantitative estimate of drug-likeness (QED) is 0.807. The number of nitrogens with two attached hydrogens (primary N) is 1. The lowest BCUT2D eigenvalue weighted by molar-refractivity contribution is 0.261. The summed E-state index contributed by atoms with van der Waals surface area (Å²) in [5.74, 6) is 1.04. The number of rotatable bonds is 1. The molecule has 0 amide bonds. The SMILES string of the molecule is CCc1cc2c(c(C(C)(C)C)c1)OCCC2N. The third kappa shape index (κ3) is 2.32. The predicted molar refractivity (Wildman–Crippen MR) is 71.6 cm³/mol. The van der Waals surface area contributed by atoms with E-state index in [4.69, 9.17) is 10.5 Å². The van der Waals surface area contributed by atoms with Gasteiger partial charge in [0.2, 0.25) is 0 Å². The minimum atomic E-state index is 0.103. The van der Waals surface area contributed by atoms with Gasteiger partial charge in [0.1, 0.15) is 5.75 Å². The first-order valence-corrected chi connectivity index (χ1v) is 6.49. The lowest BCUT2D eigenvalue weighted by Crippen LogP contribution is -2.24. The molecule has 2 N–H and O–H groups in total. The smallest absolute Gasteiger partial charge is 0.127 e. The summed E-state index contributed by atoms with van der Waals surface area (Å²) in [6.45, 7) is 9.61. The van der Waals surface area contributed by atoms with Crippen molar-refractivity contribution in [2.24, 2.45) is 5.73 Å². The maximum absolute atomic E-state index is 6.20. The van der Waals surface area contributed by atoms with E-state index in [1.807, 2.05) is 0 Å². The molecule has 1 aliphatic heterocycles. The van der Waals surface area contributed by atoms with Crippen LogP contribution in [-0.4, -0.2) is 6.61 Å². The van der Waals surface area contributed by atoms with Crippen LogP contribution in [0.15, 0.2) is 12.1 Å². The summed E-state index contributed by atoms with van der Waals surface area (Å²) in [6.07, 6.45) is 1.97. The van der Waals surface area contributed by atoms with Gasteiger partial charge in [-0.3, -0.25) is 0 Å². The van der Waals surface area contributed by atoms with Crippen molar-refractivity contribution in [3.8, 4) is 5.75 Å². The molecule has 0 bridgehead atoms. The Kier molecular flexibility index (Phi) is 3.17. The summed E-state index contributed by atoms with van der Waals surface area (Å²) in [5.41, 5.74) is 10.2. The van der Waals surface area contributed by atoms with Gasteiger partial charge in [0, 0.05) is 23.6 Å². The predicted octanol–water partition coefficient (Wildman–Crippen LogP) is 3.33. The Morgan fingerprint density at radius 3 is 2.65 bits per heavy atom. The molecule has 0 radical (unpaired) electrons. The molecule has 94 valence electrons. The summed E-state index contributed by atoms with van der Waals surface area (Å²) in [5, 5.41) is 0. The molecule has 1 atom stereocenters. The van der Waals surface area contributed by atoms with Crippen molar-refractivity contribution < 1.29 is 4.74 Å². The molecular weight excluding hydrogens is 210 g/mol. The first kappa shape index (κ1) is 12.4. The summed E-state index contributed by atoms with van der Waals surface area (Å²) >= 11 is 0. The van der Waals surface area contributed by atoms with Crippen LogP contribution in [0.2, 0.25) is 0 Å². The molecule has 17 heavy (non-hydrogen) atoms. The van der Waals surface area contributed by atoms with E-state index in [0.717, 1.165) is 25.2 Å². The average Bonchev–Trinajstić information content (AvgIpc) is 2.27. The third-order valence-electron chi connectivity index (χ3n) is 3.47. The van der Waals surface area contributed by atoms with Gasteiger partial charge in [-0.15, -0.1) is 0 Å². The van der Waals surface area contributed by atoms with Gasteiger partial charge in [-0.2, -0.15) is 0 Å². The first-order chi connectivity index (χ1) is 7.93. The van der Waals surface area contributed by atoms with E-state index in [-0.39, 0.29) is 11.5 Å². The van der Waals surface area contributed by atoms with E-state index in [9.17, 15) is 0 Å². The number of hydrogen-bond donors (Lipinski definition) is 1. The van der Waals surface area contributed by atoms with Gasteiger partial charge < -0.3 is 10.5 Å². The molecular formula is C15H23NO. The highest BCUT2D eigenvalue weighted by molar-refractivity contribution is 5.50. The van der Waals surface area contributed by atoms with Crippen LogP contribution in [0.3, 0.4) is 0 Å². The van der Waals surface area contributed by atoms with E-state index < -0.39 is 0 Å². The molecule has 0 saturated heterocycles. The second kappa shape index (κ2) is 4.34. The van der Waals surface area contributed by atoms with E-state index in [1.165, 1.54) is 16.7 Å². The Balaban J connectivity index is 2.62. The Bertz CT molecular complexity index is 418. The minimum Gasteiger partial charge on any atom is -0.493 e. The highest BCUT2D eigenvalue weighted by atomic mass is 16.5. The van der Waals surface area contributed by atoms with Crippen LogP contribution >= 0.6 is 0 Å². The molecule has 2 rings (SSSR count). The molecule has 1 aromatic rings. The largest absolute Gasteiger partial charge is 0.493 e. The molecule has 0 aromatic heterocycles. The molecule has 1 unspecified atom stereocenters. The Hall–Kier alpha value is -1.02. The fourth-order valence-corrected chi connectivity index (χ4v) is 2.35. The summed E-state index contributed by atoms with van der Waals surface area (Å²) in [4.78, 5) is 0. The van der Waals surface area contributed by atoms with E-state index in [1.54, 1.807) is 0 Å². The average molecular weight is 233 g/mol. The van der Waals surface area contributed by atoms with Crippen molar-refractivity contribution in [3.63, 3.8) is 0 Å². The summed E-state index contributed by atoms with van der Waals surface area (Å²) in [6, 6.07) is 4.62. The second-order valence-corrected chi connectivity index (χ2v) is 5.91. The van der Waals surface area contributed by atoms with Crippen LogP contribution in [0.25, 0.3) is 0 Å². The molecule has 0 spiro atoms. The Morgan fingerprint density at radius 2 is 2.06 bits per heavy atom. The number of fused-ring (bicyclic) bond motifs is 1. The summed E-state index contributed by atoms with van der Waals surface area (Å²) in [7, 11) is 0. The van der Waals surface area contributed by atoms with Crippen molar-refractivity contribution in [1.29, 1.82) is 0 Å². The van der Waals surface area contributed by atoms with Gasteiger partial charge in [-0.1, -0.05) is 39.8 Å². The van der Waals surface area contributed by atoms with Gasteiger partial charge in [-0.05, 0) is 17.4 Å². The lowest BCUT2D eigenvalue weighted by atomic mass is 9.82. The molecule has 1 aliphatic rings. The zero-order valence-corrected chi connectivity index (χ0v) is 11.3. The molecule has 0 saturated carbocycles. The fourth-order valence-electron chi connectivity index (χ4n) is 2.35. The van der Waals surface area contributed by atoms with Gasteiger partial charge in [0.25, 0.3) is 0 Å². The third-order valence-corrected chi connectivity index (χ3v) is 3.47. The zero-order valence-electron chi connectivity index (χ0n) is 11.3. The van der Waals surface area contributed by atoms with Crippen LogP contribution < -0.4 is 10.5 Å². The van der Waals surface area contributed by atoms with Gasteiger partial charge in [0.05, 0.1) is 6.61 Å². The second-order valence-electron chi connectivity index (χ2n) is 5.91. The standard InChI is InChI=1S/C15H23NO/c1-5-10-8-11-13(16)6-7-17-14(11)12(9-10)15(2,3)4/h8-9,13H,5-7,16H2,1-4H3. The highest BCUT2D eigenvalue weighted by Gasteiger charge is 2.27. The van der Waals surface area contributed by atoms with E-state index >= 15 is 0 Å². The van der Waals surface area contributed by atoms with Gasteiger partial charge in [-0.25, -0.2) is 0 Å². The van der Waals surface area contributed by atoms with Crippen LogP contribution in [-0.2, 0) is 11.8 Å². The Morgan fingerprint density at radius 1 is 1.35 bits per heavy atom. The van der Waals surface area contributed by atoms with E-state index in [2.05, 4.69) is 39.8 Å². The zero-order chi connectivity index (χ0) is 12.6. The normalized spacial score (nSPS) is 19.7. The van der Waals surface area contributed by atoms with Crippen molar-refractivity contribution in [2.75, 3.05) is 6.61 Å². The van der Waals surface area contributed by atoms with Crippen molar-refractivity contribution in [2.45, 2.75) is 52.0 Å². The Labute approximate surface area is 104 Å². The molecule has 0 fully saturated rings. The highest BCUT2D eigenvalue weighted by Crippen LogP contribution is 2.40. The van der Waals surface area contributed by atoms with Gasteiger partial charge in [0.15, 0.2) is 0 Å². The maximum Gasteiger partial charge on any atom is 0.127 e. The van der Waals surface area contributed by atoms with Crippen LogP contribution in [0.4, 0.5) is 0 Å². The number of ether oxygens (including phenoxy) is 1. The lowest BCUT2D eigenvalue weighted by Gasteiger charge is -2.31. The number of aryl methyl sites for hydroxylation is 1. The van der Waals surface area contributed by atoms with Crippen molar-refractivity contribution in [3.05, 3.63) is 28.8 Å². The minimum absolute atomic E-state index is 0.103. The van der Waals surface area contributed by atoms with Crippen LogP contribution in [0.1, 0.15) is 56.8 Å².